The molecule has 9 heteroatoms. The zero-order valence-corrected chi connectivity index (χ0v) is 14.9. The van der Waals surface area contributed by atoms with Crippen molar-refractivity contribution in [2.24, 2.45) is 0 Å². The number of aromatic nitrogens is 4. The molecule has 1 atom stereocenters. The Morgan fingerprint density at radius 1 is 1.38 bits per heavy atom. The van der Waals surface area contributed by atoms with E-state index in [0.29, 0.717) is 11.3 Å². The number of dihydropyridines is 1. The fourth-order valence-electron chi connectivity index (χ4n) is 2.64. The van der Waals surface area contributed by atoms with Crippen LogP contribution in [0.3, 0.4) is 0 Å². The van der Waals surface area contributed by atoms with Crippen molar-refractivity contribution in [1.82, 2.24) is 30.4 Å². The molecular weight excluding hydrogens is 352 g/mol. The first-order chi connectivity index (χ1) is 12.5. The Balaban J connectivity index is 1.64. The van der Waals surface area contributed by atoms with Crippen LogP contribution < -0.4 is 16.2 Å². The highest BCUT2D eigenvalue weighted by Gasteiger charge is 2.20. The molecule has 3 aromatic rings. The zero-order valence-electron chi connectivity index (χ0n) is 14.1. The number of hydrogen-bond donors (Lipinski definition) is 3. The number of aromatic amines is 1. The Morgan fingerprint density at radius 3 is 3.00 bits per heavy atom. The lowest BCUT2D eigenvalue weighted by Gasteiger charge is -2.21. The smallest absolute Gasteiger partial charge is 0.264 e. The molecule has 0 spiro atoms. The number of hydrogen-bond acceptors (Lipinski definition) is 6. The van der Waals surface area contributed by atoms with E-state index in [2.05, 4.69) is 25.9 Å². The molecule has 26 heavy (non-hydrogen) atoms. The second-order valence-corrected chi connectivity index (χ2v) is 7.07. The van der Waals surface area contributed by atoms with Crippen LogP contribution in [0.15, 0.2) is 52.9 Å². The van der Waals surface area contributed by atoms with Gasteiger partial charge in [-0.2, -0.15) is 10.2 Å². The third-order valence-corrected chi connectivity index (χ3v) is 5.18. The fraction of sp³-hybridized carbons (Fsp3) is 0.176. The van der Waals surface area contributed by atoms with Gasteiger partial charge >= 0.3 is 0 Å². The van der Waals surface area contributed by atoms with E-state index in [1.165, 1.54) is 17.4 Å². The Hall–Kier alpha value is -3.20. The third kappa shape index (κ3) is 2.93. The van der Waals surface area contributed by atoms with Crippen molar-refractivity contribution in [1.29, 1.82) is 0 Å². The van der Waals surface area contributed by atoms with E-state index in [1.807, 2.05) is 26.1 Å². The molecule has 4 heterocycles. The summed E-state index contributed by atoms with van der Waals surface area (Å²) < 4.78 is 1.64. The predicted octanol–water partition coefficient (Wildman–Crippen LogP) is 1.66. The number of thiazole rings is 1. The number of nitrogens with zero attached hydrogens (tertiary/aromatic N) is 3. The molecule has 0 radical (unpaired) electrons. The van der Waals surface area contributed by atoms with Crippen LogP contribution in [0.5, 0.6) is 0 Å². The summed E-state index contributed by atoms with van der Waals surface area (Å²) in [4.78, 5) is 25.4. The number of carbonyl (C=O) groups excluding carboxylic acids is 1. The molecule has 1 aliphatic heterocycles. The molecule has 3 N–H and O–H groups in total. The van der Waals surface area contributed by atoms with Crippen molar-refractivity contribution in [3.8, 4) is 10.6 Å². The summed E-state index contributed by atoms with van der Waals surface area (Å²) in [6, 6.07) is 3.08. The van der Waals surface area contributed by atoms with Gasteiger partial charge in [-0.15, -0.1) is 11.3 Å². The van der Waals surface area contributed by atoms with Crippen LogP contribution in [0.2, 0.25) is 0 Å². The van der Waals surface area contributed by atoms with Gasteiger partial charge in [0, 0.05) is 18.0 Å². The summed E-state index contributed by atoms with van der Waals surface area (Å²) in [6.07, 6.45) is 7.20. The van der Waals surface area contributed by atoms with Gasteiger partial charge in [-0.3, -0.25) is 9.59 Å². The lowest BCUT2D eigenvalue weighted by atomic mass is 10.1. The Morgan fingerprint density at radius 2 is 2.23 bits per heavy atom. The van der Waals surface area contributed by atoms with Crippen LogP contribution in [-0.4, -0.2) is 31.8 Å². The van der Waals surface area contributed by atoms with Crippen LogP contribution in [0.25, 0.3) is 15.4 Å². The van der Waals surface area contributed by atoms with Gasteiger partial charge in [0.1, 0.15) is 10.5 Å². The van der Waals surface area contributed by atoms with Gasteiger partial charge in [0.05, 0.1) is 22.7 Å². The highest BCUT2D eigenvalue weighted by Crippen LogP contribution is 2.28. The van der Waals surface area contributed by atoms with Crippen LogP contribution in [0, 0.1) is 0 Å². The van der Waals surface area contributed by atoms with Gasteiger partial charge in [0.25, 0.3) is 11.5 Å². The number of amides is 1. The molecule has 1 unspecified atom stereocenters. The quantitative estimate of drug-likeness (QED) is 0.652. The second kappa shape index (κ2) is 6.26. The third-order valence-electron chi connectivity index (χ3n) is 4.04. The maximum Gasteiger partial charge on any atom is 0.264 e. The molecule has 0 bridgehead atoms. The largest absolute Gasteiger partial charge is 0.383 e. The van der Waals surface area contributed by atoms with Crippen molar-refractivity contribution in [2.45, 2.75) is 19.9 Å². The Bertz CT molecular complexity index is 1100. The van der Waals surface area contributed by atoms with Crippen LogP contribution in [-0.2, 0) is 0 Å². The number of nitrogens with one attached hydrogen (secondary N) is 3. The van der Waals surface area contributed by atoms with E-state index in [-0.39, 0.29) is 17.5 Å². The first kappa shape index (κ1) is 16.3. The normalized spacial score (nSPS) is 16.8. The predicted molar refractivity (Wildman–Crippen MR) is 98.8 cm³/mol. The minimum atomic E-state index is -0.261. The molecular formula is C17H16N6O2S. The molecule has 0 saturated carbocycles. The highest BCUT2D eigenvalue weighted by molar-refractivity contribution is 7.21. The minimum Gasteiger partial charge on any atom is -0.383 e. The SMILES string of the molecule is CC1=CNC(C)C(NC(=O)c2cnn3cc(-c4ccc(=O)[nH]n4)sc23)=C1. The van der Waals surface area contributed by atoms with Crippen LogP contribution >= 0.6 is 11.3 Å². The van der Waals surface area contributed by atoms with Crippen LogP contribution in [0.1, 0.15) is 24.2 Å². The molecule has 4 rings (SSSR count). The van der Waals surface area contributed by atoms with Gasteiger partial charge in [-0.1, -0.05) is 0 Å². The lowest BCUT2D eigenvalue weighted by Crippen LogP contribution is -2.36. The summed E-state index contributed by atoms with van der Waals surface area (Å²) in [6.45, 7) is 3.94. The molecule has 0 aliphatic carbocycles. The molecule has 132 valence electrons. The van der Waals surface area contributed by atoms with E-state index in [4.69, 9.17) is 0 Å². The van der Waals surface area contributed by atoms with Gasteiger partial charge in [0.15, 0.2) is 0 Å². The van der Waals surface area contributed by atoms with Crippen molar-refractivity contribution in [3.63, 3.8) is 0 Å². The Kier molecular flexibility index (Phi) is 3.92. The molecule has 0 fully saturated rings. The maximum atomic E-state index is 12.7. The molecule has 8 nitrogen and oxygen atoms in total. The monoisotopic (exact) mass is 368 g/mol. The van der Waals surface area contributed by atoms with E-state index in [1.54, 1.807) is 23.0 Å². The summed E-state index contributed by atoms with van der Waals surface area (Å²) in [5.41, 5.74) is 2.71. The van der Waals surface area contributed by atoms with Crippen molar-refractivity contribution >= 4 is 22.1 Å². The van der Waals surface area contributed by atoms with E-state index >= 15 is 0 Å². The topological polar surface area (TPSA) is 104 Å². The van der Waals surface area contributed by atoms with Crippen LogP contribution in [0.4, 0.5) is 0 Å². The first-order valence-electron chi connectivity index (χ1n) is 8.00. The fourth-order valence-corrected chi connectivity index (χ4v) is 3.67. The molecule has 0 aromatic carbocycles. The average Bonchev–Trinajstić information content (AvgIpc) is 3.19. The number of fused-ring (bicyclic) bond motifs is 1. The van der Waals surface area contributed by atoms with Gasteiger partial charge in [-0.25, -0.2) is 9.61 Å². The van der Waals surface area contributed by atoms with E-state index in [9.17, 15) is 9.59 Å². The average molecular weight is 368 g/mol. The molecule has 1 amide bonds. The lowest BCUT2D eigenvalue weighted by molar-refractivity contribution is 0.0965. The summed E-state index contributed by atoms with van der Waals surface area (Å²) >= 11 is 1.39. The standard InChI is InChI=1S/C17H16N6O2S/c1-9-5-13(10(2)18-6-9)20-16(25)11-7-19-23-8-14(26-17(11)23)12-3-4-15(24)22-21-12/h3-8,10,18H,1-2H3,(H,20,25)(H,22,24). The van der Waals surface area contributed by atoms with E-state index < -0.39 is 0 Å². The number of carbonyl (C=O) groups is 1. The number of allylic oxidation sites excluding steroid dienone is 2. The molecule has 3 aromatic heterocycles. The van der Waals surface area contributed by atoms with Crippen molar-refractivity contribution in [2.75, 3.05) is 0 Å². The maximum absolute atomic E-state index is 12.7. The van der Waals surface area contributed by atoms with Gasteiger partial charge in [0.2, 0.25) is 0 Å². The zero-order chi connectivity index (χ0) is 18.3. The van der Waals surface area contributed by atoms with E-state index in [0.717, 1.165) is 21.0 Å². The second-order valence-electron chi connectivity index (χ2n) is 6.04. The van der Waals surface area contributed by atoms with Crippen molar-refractivity contribution < 1.29 is 4.79 Å². The molecule has 1 aliphatic rings. The van der Waals surface area contributed by atoms with Gasteiger partial charge < -0.3 is 10.6 Å². The summed E-state index contributed by atoms with van der Waals surface area (Å²) in [5, 5.41) is 16.8. The van der Waals surface area contributed by atoms with Crippen molar-refractivity contribution in [3.05, 3.63) is 64.0 Å². The summed E-state index contributed by atoms with van der Waals surface area (Å²) in [7, 11) is 0. The Labute approximate surface area is 152 Å². The number of H-pyrrole nitrogens is 1. The minimum absolute atomic E-state index is 0.0259. The molecule has 0 saturated heterocycles. The number of rotatable bonds is 3. The highest BCUT2D eigenvalue weighted by atomic mass is 32.1. The summed E-state index contributed by atoms with van der Waals surface area (Å²) in [5.74, 6) is -0.211. The van der Waals surface area contributed by atoms with Gasteiger partial charge in [-0.05, 0) is 37.8 Å². The first-order valence-corrected chi connectivity index (χ1v) is 8.82.